The van der Waals surface area contributed by atoms with E-state index in [9.17, 15) is 9.59 Å². The summed E-state index contributed by atoms with van der Waals surface area (Å²) >= 11 is 0. The third-order valence-corrected chi connectivity index (χ3v) is 5.17. The number of amides is 2. The minimum atomic E-state index is -0.575. The third-order valence-electron chi connectivity index (χ3n) is 5.17. The quantitative estimate of drug-likeness (QED) is 0.784. The zero-order chi connectivity index (χ0) is 14.2. The number of nitrogens with one attached hydrogen (secondary N) is 1. The molecule has 2 atom stereocenters. The molecule has 0 radical (unpaired) electrons. The molecule has 0 aromatic rings. The van der Waals surface area contributed by atoms with Crippen molar-refractivity contribution in [2.24, 2.45) is 5.92 Å². The molecule has 4 heteroatoms. The number of carbonyl (C=O) groups excluding carboxylic acids is 2. The van der Waals surface area contributed by atoms with Gasteiger partial charge in [0.1, 0.15) is 11.6 Å². The molecule has 1 saturated heterocycles. The summed E-state index contributed by atoms with van der Waals surface area (Å²) in [5, 5.41) is 3.01. The van der Waals surface area contributed by atoms with Crippen LogP contribution in [-0.2, 0) is 9.59 Å². The lowest BCUT2D eigenvalue weighted by molar-refractivity contribution is -0.154. The van der Waals surface area contributed by atoms with Gasteiger partial charge < -0.3 is 10.2 Å². The highest BCUT2D eigenvalue weighted by Gasteiger charge is 2.50. The van der Waals surface area contributed by atoms with Gasteiger partial charge in [-0.15, -0.1) is 0 Å². The number of allylic oxidation sites excluding steroid dienone is 2. The molecule has 1 saturated carbocycles. The average Bonchev–Trinajstić information content (AvgIpc) is 2.92. The van der Waals surface area contributed by atoms with Crippen LogP contribution >= 0.6 is 0 Å². The molecule has 2 aliphatic carbocycles. The molecule has 20 heavy (non-hydrogen) atoms. The lowest BCUT2D eigenvalue weighted by Crippen LogP contribution is -2.69. The van der Waals surface area contributed by atoms with E-state index in [0.29, 0.717) is 5.92 Å². The highest BCUT2D eigenvalue weighted by Crippen LogP contribution is 2.35. The Morgan fingerprint density at radius 3 is 2.70 bits per heavy atom. The Morgan fingerprint density at radius 2 is 2.05 bits per heavy atom. The van der Waals surface area contributed by atoms with Crippen LogP contribution in [0.3, 0.4) is 0 Å². The second-order valence-corrected chi connectivity index (χ2v) is 6.56. The summed E-state index contributed by atoms with van der Waals surface area (Å²) in [6, 6.07) is -0.320. The molecule has 2 fully saturated rings. The molecule has 1 heterocycles. The van der Waals surface area contributed by atoms with Gasteiger partial charge in [0, 0.05) is 6.54 Å². The lowest BCUT2D eigenvalue weighted by Gasteiger charge is -2.44. The van der Waals surface area contributed by atoms with Crippen molar-refractivity contribution in [3.63, 3.8) is 0 Å². The first-order valence-electron chi connectivity index (χ1n) is 7.90. The van der Waals surface area contributed by atoms with Crippen LogP contribution in [0.4, 0.5) is 0 Å². The summed E-state index contributed by atoms with van der Waals surface area (Å²) in [6.07, 6.45) is 11.4. The van der Waals surface area contributed by atoms with Gasteiger partial charge >= 0.3 is 0 Å². The molecule has 0 bridgehead atoms. The molecule has 4 nitrogen and oxygen atoms in total. The van der Waals surface area contributed by atoms with E-state index >= 15 is 0 Å². The standard InChI is InChI=1S/C16H24N2O2/c1-12-14(19)17-16(9-5-6-10-16)15(20)18(12)11-13-7-3-2-4-8-13/h2-3,12-13H,4-11H2,1H3,(H,17,19). The largest absolute Gasteiger partial charge is 0.340 e. The maximum atomic E-state index is 12.9. The number of piperazine rings is 1. The second kappa shape index (κ2) is 5.23. The monoisotopic (exact) mass is 276 g/mol. The van der Waals surface area contributed by atoms with E-state index in [0.717, 1.165) is 51.5 Å². The first-order chi connectivity index (χ1) is 9.62. The topological polar surface area (TPSA) is 49.4 Å². The van der Waals surface area contributed by atoms with E-state index in [-0.39, 0.29) is 17.9 Å². The molecule has 2 unspecified atom stereocenters. The third kappa shape index (κ3) is 2.25. The molecule has 0 aromatic carbocycles. The van der Waals surface area contributed by atoms with Crippen LogP contribution in [-0.4, -0.2) is 34.8 Å². The zero-order valence-corrected chi connectivity index (χ0v) is 12.2. The Kier molecular flexibility index (Phi) is 3.57. The Labute approximate surface area is 120 Å². The number of hydrogen-bond donors (Lipinski definition) is 1. The predicted molar refractivity (Wildman–Crippen MR) is 77.0 cm³/mol. The molecular formula is C16H24N2O2. The molecule has 1 N–H and O–H groups in total. The van der Waals surface area contributed by atoms with Crippen LogP contribution in [0, 0.1) is 5.92 Å². The van der Waals surface area contributed by atoms with Gasteiger partial charge in [-0.2, -0.15) is 0 Å². The Bertz CT molecular complexity index is 438. The van der Waals surface area contributed by atoms with Crippen molar-refractivity contribution in [3.8, 4) is 0 Å². The normalized spacial score (nSPS) is 32.8. The molecule has 1 spiro atoms. The maximum absolute atomic E-state index is 12.9. The lowest BCUT2D eigenvalue weighted by atomic mass is 9.88. The van der Waals surface area contributed by atoms with Gasteiger partial charge in [-0.25, -0.2) is 0 Å². The van der Waals surface area contributed by atoms with Gasteiger partial charge in [0.25, 0.3) is 0 Å². The van der Waals surface area contributed by atoms with Gasteiger partial charge in [-0.05, 0) is 44.9 Å². The summed E-state index contributed by atoms with van der Waals surface area (Å²) in [6.45, 7) is 2.59. The number of rotatable bonds is 2. The number of carbonyl (C=O) groups is 2. The zero-order valence-electron chi connectivity index (χ0n) is 12.2. The van der Waals surface area contributed by atoms with Gasteiger partial charge in [0.15, 0.2) is 0 Å². The molecule has 0 aromatic heterocycles. The Morgan fingerprint density at radius 1 is 1.30 bits per heavy atom. The summed E-state index contributed by atoms with van der Waals surface area (Å²) in [5.41, 5.74) is -0.575. The molecular weight excluding hydrogens is 252 g/mol. The van der Waals surface area contributed by atoms with Crippen molar-refractivity contribution < 1.29 is 9.59 Å². The summed E-state index contributed by atoms with van der Waals surface area (Å²) in [4.78, 5) is 27.0. The second-order valence-electron chi connectivity index (χ2n) is 6.56. The van der Waals surface area contributed by atoms with Crippen molar-refractivity contribution in [2.45, 2.75) is 63.5 Å². The first kappa shape index (κ1) is 13.7. The SMILES string of the molecule is CC1C(=O)NC2(CCCC2)C(=O)N1CC1CC=CCC1. The van der Waals surface area contributed by atoms with E-state index in [1.54, 1.807) is 0 Å². The van der Waals surface area contributed by atoms with Crippen molar-refractivity contribution in [1.82, 2.24) is 10.2 Å². The van der Waals surface area contributed by atoms with E-state index < -0.39 is 5.54 Å². The van der Waals surface area contributed by atoms with Crippen molar-refractivity contribution >= 4 is 11.8 Å². The fourth-order valence-corrected chi connectivity index (χ4v) is 3.84. The minimum absolute atomic E-state index is 0.0258. The molecule has 110 valence electrons. The van der Waals surface area contributed by atoms with Gasteiger partial charge in [0.05, 0.1) is 0 Å². The summed E-state index contributed by atoms with van der Waals surface area (Å²) in [5.74, 6) is 0.699. The van der Waals surface area contributed by atoms with Crippen molar-refractivity contribution in [1.29, 1.82) is 0 Å². The highest BCUT2D eigenvalue weighted by molar-refractivity contribution is 5.99. The molecule has 3 aliphatic rings. The van der Waals surface area contributed by atoms with E-state index in [1.165, 1.54) is 0 Å². The Balaban J connectivity index is 1.77. The van der Waals surface area contributed by atoms with Crippen LogP contribution in [0.25, 0.3) is 0 Å². The smallest absolute Gasteiger partial charge is 0.249 e. The number of hydrogen-bond acceptors (Lipinski definition) is 2. The average molecular weight is 276 g/mol. The van der Waals surface area contributed by atoms with E-state index in [2.05, 4.69) is 17.5 Å². The molecule has 2 amide bonds. The van der Waals surface area contributed by atoms with Crippen molar-refractivity contribution in [2.75, 3.05) is 6.54 Å². The fraction of sp³-hybridized carbons (Fsp3) is 0.750. The summed E-state index contributed by atoms with van der Waals surface area (Å²) in [7, 11) is 0. The first-order valence-corrected chi connectivity index (χ1v) is 7.90. The fourth-order valence-electron chi connectivity index (χ4n) is 3.84. The van der Waals surface area contributed by atoms with E-state index in [1.807, 2.05) is 11.8 Å². The van der Waals surface area contributed by atoms with Gasteiger partial charge in [-0.1, -0.05) is 25.0 Å². The van der Waals surface area contributed by atoms with E-state index in [4.69, 9.17) is 0 Å². The highest BCUT2D eigenvalue weighted by atomic mass is 16.2. The van der Waals surface area contributed by atoms with Crippen LogP contribution in [0.15, 0.2) is 12.2 Å². The van der Waals surface area contributed by atoms with Crippen LogP contribution < -0.4 is 5.32 Å². The summed E-state index contributed by atoms with van der Waals surface area (Å²) < 4.78 is 0. The van der Waals surface area contributed by atoms with Crippen LogP contribution in [0.2, 0.25) is 0 Å². The minimum Gasteiger partial charge on any atom is -0.340 e. The van der Waals surface area contributed by atoms with Gasteiger partial charge in [0.2, 0.25) is 11.8 Å². The molecule has 1 aliphatic heterocycles. The predicted octanol–water partition coefficient (Wildman–Crippen LogP) is 2.00. The maximum Gasteiger partial charge on any atom is 0.249 e. The number of nitrogens with zero attached hydrogens (tertiary/aromatic N) is 1. The molecule has 3 rings (SSSR count). The van der Waals surface area contributed by atoms with Gasteiger partial charge in [-0.3, -0.25) is 9.59 Å². The Hall–Kier alpha value is -1.32. The van der Waals surface area contributed by atoms with Crippen LogP contribution in [0.5, 0.6) is 0 Å². The van der Waals surface area contributed by atoms with Crippen LogP contribution in [0.1, 0.15) is 51.9 Å². The van der Waals surface area contributed by atoms with Crippen molar-refractivity contribution in [3.05, 3.63) is 12.2 Å².